The smallest absolute Gasteiger partial charge is 0.0702 e. The van der Waals surface area contributed by atoms with Gasteiger partial charge in [-0.1, -0.05) is 6.07 Å². The monoisotopic (exact) mass is 407 g/mol. The SMILES string of the molecule is CC(Nc1cccc(I)c1)c1ccc(Br)s1. The highest BCUT2D eigenvalue weighted by Gasteiger charge is 2.07. The lowest BCUT2D eigenvalue weighted by molar-refractivity contribution is 0.908. The normalized spacial score (nSPS) is 12.4. The molecule has 0 spiro atoms. The third kappa shape index (κ3) is 3.21. The maximum absolute atomic E-state index is 3.50. The van der Waals surface area contributed by atoms with E-state index in [2.05, 4.69) is 87.2 Å². The average Bonchev–Trinajstić information content (AvgIpc) is 2.65. The summed E-state index contributed by atoms with van der Waals surface area (Å²) >= 11 is 7.58. The molecule has 2 rings (SSSR count). The second kappa shape index (κ2) is 5.51. The highest BCUT2D eigenvalue weighted by atomic mass is 127. The molecule has 1 atom stereocenters. The molecule has 1 nitrogen and oxygen atoms in total. The van der Waals surface area contributed by atoms with E-state index in [1.165, 1.54) is 17.9 Å². The van der Waals surface area contributed by atoms with Gasteiger partial charge in [0, 0.05) is 14.1 Å². The van der Waals surface area contributed by atoms with Crippen LogP contribution in [0.25, 0.3) is 0 Å². The lowest BCUT2D eigenvalue weighted by atomic mass is 10.2. The fraction of sp³-hybridized carbons (Fsp3) is 0.167. The Hall–Kier alpha value is -0.0700. The van der Waals surface area contributed by atoms with E-state index in [1.807, 2.05) is 0 Å². The van der Waals surface area contributed by atoms with Gasteiger partial charge in [-0.25, -0.2) is 0 Å². The van der Waals surface area contributed by atoms with Crippen LogP contribution in [0.15, 0.2) is 40.2 Å². The summed E-state index contributed by atoms with van der Waals surface area (Å²) in [5, 5.41) is 3.50. The van der Waals surface area contributed by atoms with Crippen LogP contribution in [0.2, 0.25) is 0 Å². The number of anilines is 1. The number of hydrogen-bond acceptors (Lipinski definition) is 2. The Morgan fingerprint density at radius 1 is 1.31 bits per heavy atom. The zero-order valence-electron chi connectivity index (χ0n) is 8.71. The van der Waals surface area contributed by atoms with Crippen LogP contribution < -0.4 is 5.32 Å². The molecule has 2 aromatic rings. The maximum Gasteiger partial charge on any atom is 0.0702 e. The van der Waals surface area contributed by atoms with Gasteiger partial charge in [0.05, 0.1) is 9.83 Å². The van der Waals surface area contributed by atoms with Gasteiger partial charge in [-0.2, -0.15) is 0 Å². The summed E-state index contributed by atoms with van der Waals surface area (Å²) in [5.41, 5.74) is 1.17. The summed E-state index contributed by atoms with van der Waals surface area (Å²) in [7, 11) is 0. The molecule has 84 valence electrons. The van der Waals surface area contributed by atoms with Crippen molar-refractivity contribution in [1.29, 1.82) is 0 Å². The van der Waals surface area contributed by atoms with Crippen LogP contribution in [-0.2, 0) is 0 Å². The van der Waals surface area contributed by atoms with Crippen LogP contribution in [0, 0.1) is 3.57 Å². The molecule has 0 saturated heterocycles. The van der Waals surface area contributed by atoms with E-state index < -0.39 is 0 Å². The molecule has 0 aliphatic carbocycles. The highest BCUT2D eigenvalue weighted by Crippen LogP contribution is 2.29. The molecule has 0 aliphatic rings. The number of thiophene rings is 1. The molecule has 1 aromatic carbocycles. The first kappa shape index (κ1) is 12.4. The largest absolute Gasteiger partial charge is 0.378 e. The van der Waals surface area contributed by atoms with Gasteiger partial charge in [-0.15, -0.1) is 11.3 Å². The summed E-state index contributed by atoms with van der Waals surface area (Å²) in [5.74, 6) is 0. The van der Waals surface area contributed by atoms with Crippen molar-refractivity contribution in [2.75, 3.05) is 5.32 Å². The number of benzene rings is 1. The molecule has 1 unspecified atom stereocenters. The van der Waals surface area contributed by atoms with Gasteiger partial charge in [-0.3, -0.25) is 0 Å². The highest BCUT2D eigenvalue weighted by molar-refractivity contribution is 14.1. The fourth-order valence-electron chi connectivity index (χ4n) is 1.46. The minimum atomic E-state index is 0.342. The van der Waals surface area contributed by atoms with Crippen LogP contribution >= 0.6 is 49.9 Å². The van der Waals surface area contributed by atoms with E-state index in [-0.39, 0.29) is 0 Å². The second-order valence-corrected chi connectivity index (χ2v) is 7.26. The van der Waals surface area contributed by atoms with Gasteiger partial charge < -0.3 is 5.32 Å². The van der Waals surface area contributed by atoms with Crippen molar-refractivity contribution >= 4 is 55.5 Å². The van der Waals surface area contributed by atoms with Crippen LogP contribution in [0.4, 0.5) is 5.69 Å². The molecule has 1 heterocycles. The van der Waals surface area contributed by atoms with Gasteiger partial charge in [0.15, 0.2) is 0 Å². The zero-order valence-corrected chi connectivity index (χ0v) is 13.3. The van der Waals surface area contributed by atoms with Crippen LogP contribution in [0.1, 0.15) is 17.8 Å². The van der Waals surface area contributed by atoms with Crippen molar-refractivity contribution in [3.8, 4) is 0 Å². The first-order valence-electron chi connectivity index (χ1n) is 4.92. The number of hydrogen-bond donors (Lipinski definition) is 1. The Bertz CT molecular complexity index is 483. The Morgan fingerprint density at radius 3 is 2.75 bits per heavy atom. The van der Waals surface area contributed by atoms with Crippen molar-refractivity contribution < 1.29 is 0 Å². The van der Waals surface area contributed by atoms with Gasteiger partial charge in [-0.05, 0) is 75.8 Å². The van der Waals surface area contributed by atoms with E-state index in [0.29, 0.717) is 6.04 Å². The lowest BCUT2D eigenvalue weighted by Crippen LogP contribution is -2.04. The van der Waals surface area contributed by atoms with Crippen molar-refractivity contribution in [2.45, 2.75) is 13.0 Å². The molecule has 0 fully saturated rings. The number of nitrogens with one attached hydrogen (secondary N) is 1. The van der Waals surface area contributed by atoms with E-state index in [1.54, 1.807) is 11.3 Å². The van der Waals surface area contributed by atoms with Crippen LogP contribution in [0.5, 0.6) is 0 Å². The standard InChI is InChI=1S/C12H11BrINS/c1-8(11-5-6-12(13)16-11)15-10-4-2-3-9(14)7-10/h2-8,15H,1H3. The second-order valence-electron chi connectivity index (χ2n) is 3.52. The molecule has 0 aliphatic heterocycles. The van der Waals surface area contributed by atoms with Gasteiger partial charge in [0.25, 0.3) is 0 Å². The summed E-state index contributed by atoms with van der Waals surface area (Å²) in [6.07, 6.45) is 0. The van der Waals surface area contributed by atoms with Gasteiger partial charge in [0.1, 0.15) is 0 Å². The Kier molecular flexibility index (Phi) is 4.27. The van der Waals surface area contributed by atoms with Crippen molar-refractivity contribution in [3.63, 3.8) is 0 Å². The molecule has 0 saturated carbocycles. The molecule has 0 radical (unpaired) electrons. The van der Waals surface area contributed by atoms with Gasteiger partial charge >= 0.3 is 0 Å². The first-order chi connectivity index (χ1) is 7.65. The molecule has 4 heteroatoms. The zero-order chi connectivity index (χ0) is 11.5. The van der Waals surface area contributed by atoms with E-state index in [9.17, 15) is 0 Å². The molecule has 1 aromatic heterocycles. The number of rotatable bonds is 3. The summed E-state index contributed by atoms with van der Waals surface area (Å²) in [4.78, 5) is 1.34. The van der Waals surface area contributed by atoms with E-state index in [4.69, 9.17) is 0 Å². The predicted octanol–water partition coefficient (Wildman–Crippen LogP) is 5.29. The summed E-state index contributed by atoms with van der Waals surface area (Å²) in [6, 6.07) is 13.0. The molecule has 16 heavy (non-hydrogen) atoms. The van der Waals surface area contributed by atoms with Crippen molar-refractivity contribution in [2.24, 2.45) is 0 Å². The van der Waals surface area contributed by atoms with E-state index in [0.717, 1.165) is 0 Å². The first-order valence-corrected chi connectivity index (χ1v) is 7.61. The topological polar surface area (TPSA) is 12.0 Å². The van der Waals surface area contributed by atoms with Gasteiger partial charge in [0.2, 0.25) is 0 Å². The third-order valence-electron chi connectivity index (χ3n) is 2.23. The van der Waals surface area contributed by atoms with Crippen molar-refractivity contribution in [1.82, 2.24) is 0 Å². The Morgan fingerprint density at radius 2 is 2.12 bits per heavy atom. The molecule has 0 amide bonds. The average molecular weight is 408 g/mol. The summed E-state index contributed by atoms with van der Waals surface area (Å²) < 4.78 is 2.43. The fourth-order valence-corrected chi connectivity index (χ4v) is 3.43. The minimum Gasteiger partial charge on any atom is -0.378 e. The molecular weight excluding hydrogens is 397 g/mol. The molecule has 1 N–H and O–H groups in total. The maximum atomic E-state index is 3.50. The molecular formula is C12H11BrINS. The van der Waals surface area contributed by atoms with Crippen molar-refractivity contribution in [3.05, 3.63) is 48.6 Å². The summed E-state index contributed by atoms with van der Waals surface area (Å²) in [6.45, 7) is 2.18. The third-order valence-corrected chi connectivity index (χ3v) is 4.71. The predicted molar refractivity (Wildman–Crippen MR) is 83.2 cm³/mol. The number of halogens is 2. The minimum absolute atomic E-state index is 0.342. The lowest BCUT2D eigenvalue weighted by Gasteiger charge is -2.13. The van der Waals surface area contributed by atoms with E-state index >= 15 is 0 Å². The quantitative estimate of drug-likeness (QED) is 0.681. The van der Waals surface area contributed by atoms with Crippen LogP contribution in [0.3, 0.4) is 0 Å². The Balaban J connectivity index is 2.10. The van der Waals surface area contributed by atoms with Crippen LogP contribution in [-0.4, -0.2) is 0 Å². The molecule has 0 bridgehead atoms. The Labute approximate surface area is 122 Å².